The molecule has 2 N–H and O–H groups in total. The summed E-state index contributed by atoms with van der Waals surface area (Å²) in [5, 5.41) is 4.21. The molecular formula is C16H24N4. The molecule has 0 bridgehead atoms. The summed E-state index contributed by atoms with van der Waals surface area (Å²) in [4.78, 5) is 2.50. The third-order valence-corrected chi connectivity index (χ3v) is 3.31. The first kappa shape index (κ1) is 14.6. The van der Waals surface area contributed by atoms with Crippen LogP contribution in [0.2, 0.25) is 0 Å². The summed E-state index contributed by atoms with van der Waals surface area (Å²) in [6.07, 6.45) is 4.21. The van der Waals surface area contributed by atoms with Gasteiger partial charge in [-0.05, 0) is 31.0 Å². The molecule has 0 saturated carbocycles. The van der Waals surface area contributed by atoms with E-state index in [0.29, 0.717) is 5.82 Å². The van der Waals surface area contributed by atoms with Crippen LogP contribution in [0.25, 0.3) is 0 Å². The first-order valence-corrected chi connectivity index (χ1v) is 7.33. The van der Waals surface area contributed by atoms with Gasteiger partial charge in [0.25, 0.3) is 0 Å². The van der Waals surface area contributed by atoms with E-state index in [1.54, 1.807) is 0 Å². The van der Waals surface area contributed by atoms with Gasteiger partial charge in [-0.2, -0.15) is 5.10 Å². The summed E-state index contributed by atoms with van der Waals surface area (Å²) in [5.74, 6) is 0.597. The molecule has 0 radical (unpaired) electrons. The van der Waals surface area contributed by atoms with Gasteiger partial charge in [0, 0.05) is 25.8 Å². The van der Waals surface area contributed by atoms with Crippen molar-refractivity contribution in [1.82, 2.24) is 14.7 Å². The van der Waals surface area contributed by atoms with Crippen LogP contribution in [0, 0.1) is 0 Å². The second kappa shape index (κ2) is 7.70. The maximum Gasteiger partial charge on any atom is 0.145 e. The third kappa shape index (κ3) is 4.70. The summed E-state index contributed by atoms with van der Waals surface area (Å²) in [6, 6.07) is 12.5. The lowest BCUT2D eigenvalue weighted by molar-refractivity contribution is 0.256. The van der Waals surface area contributed by atoms with Crippen molar-refractivity contribution in [3.8, 4) is 0 Å². The SMILES string of the molecule is CCCN(CCCn1ccc(N)n1)Cc1ccccc1. The monoisotopic (exact) mass is 272 g/mol. The number of anilines is 1. The minimum Gasteiger partial charge on any atom is -0.382 e. The summed E-state index contributed by atoms with van der Waals surface area (Å²) in [5.41, 5.74) is 7.00. The smallest absolute Gasteiger partial charge is 0.145 e. The largest absolute Gasteiger partial charge is 0.382 e. The summed E-state index contributed by atoms with van der Waals surface area (Å²) in [7, 11) is 0. The summed E-state index contributed by atoms with van der Waals surface area (Å²) >= 11 is 0. The molecule has 2 aromatic rings. The number of nitrogens with two attached hydrogens (primary N) is 1. The second-order valence-electron chi connectivity index (χ2n) is 5.12. The molecule has 0 aliphatic rings. The molecule has 4 nitrogen and oxygen atoms in total. The molecule has 0 fully saturated rings. The fourth-order valence-corrected chi connectivity index (χ4v) is 2.39. The molecule has 108 valence electrons. The minimum atomic E-state index is 0.597. The topological polar surface area (TPSA) is 47.1 Å². The molecule has 2 rings (SSSR count). The Balaban J connectivity index is 1.80. The fourth-order valence-electron chi connectivity index (χ4n) is 2.39. The van der Waals surface area contributed by atoms with Gasteiger partial charge in [0.15, 0.2) is 0 Å². The summed E-state index contributed by atoms with van der Waals surface area (Å²) in [6.45, 7) is 6.40. The zero-order chi connectivity index (χ0) is 14.2. The molecule has 0 saturated heterocycles. The van der Waals surface area contributed by atoms with Crippen LogP contribution in [0.3, 0.4) is 0 Å². The lowest BCUT2D eigenvalue weighted by atomic mass is 10.2. The van der Waals surface area contributed by atoms with E-state index >= 15 is 0 Å². The highest BCUT2D eigenvalue weighted by molar-refractivity contribution is 5.23. The first-order chi connectivity index (χ1) is 9.78. The number of rotatable bonds is 8. The van der Waals surface area contributed by atoms with E-state index in [0.717, 1.165) is 32.6 Å². The first-order valence-electron chi connectivity index (χ1n) is 7.33. The predicted molar refractivity (Wildman–Crippen MR) is 83.3 cm³/mol. The van der Waals surface area contributed by atoms with Crippen LogP contribution in [-0.2, 0) is 13.1 Å². The molecule has 0 aliphatic carbocycles. The molecule has 0 aliphatic heterocycles. The Morgan fingerprint density at radius 3 is 2.60 bits per heavy atom. The zero-order valence-corrected chi connectivity index (χ0v) is 12.2. The maximum absolute atomic E-state index is 5.62. The lowest BCUT2D eigenvalue weighted by Crippen LogP contribution is -2.26. The molecule has 1 aromatic heterocycles. The lowest BCUT2D eigenvalue weighted by Gasteiger charge is -2.21. The molecule has 0 unspecified atom stereocenters. The number of hydrogen-bond donors (Lipinski definition) is 1. The van der Waals surface area contributed by atoms with Gasteiger partial charge in [-0.1, -0.05) is 37.3 Å². The van der Waals surface area contributed by atoms with Crippen molar-refractivity contribution in [2.45, 2.75) is 32.9 Å². The van der Waals surface area contributed by atoms with E-state index < -0.39 is 0 Å². The van der Waals surface area contributed by atoms with Crippen LogP contribution in [0.15, 0.2) is 42.6 Å². The van der Waals surface area contributed by atoms with Crippen molar-refractivity contribution >= 4 is 5.82 Å². The number of nitrogens with zero attached hydrogens (tertiary/aromatic N) is 3. The van der Waals surface area contributed by atoms with Crippen LogP contribution in [0.5, 0.6) is 0 Å². The van der Waals surface area contributed by atoms with Crippen molar-refractivity contribution in [3.05, 3.63) is 48.2 Å². The van der Waals surface area contributed by atoms with E-state index in [1.807, 2.05) is 16.9 Å². The van der Waals surface area contributed by atoms with Crippen LogP contribution in [0.4, 0.5) is 5.82 Å². The molecule has 0 amide bonds. The van der Waals surface area contributed by atoms with E-state index in [-0.39, 0.29) is 0 Å². The van der Waals surface area contributed by atoms with Gasteiger partial charge in [0.1, 0.15) is 5.82 Å². The Kier molecular flexibility index (Phi) is 5.62. The van der Waals surface area contributed by atoms with Gasteiger partial charge in [-0.25, -0.2) is 0 Å². The summed E-state index contributed by atoms with van der Waals surface area (Å²) < 4.78 is 1.92. The molecule has 1 aromatic carbocycles. The highest BCUT2D eigenvalue weighted by Crippen LogP contribution is 2.06. The van der Waals surface area contributed by atoms with Gasteiger partial charge in [0.2, 0.25) is 0 Å². The normalized spacial score (nSPS) is 11.1. The van der Waals surface area contributed by atoms with Gasteiger partial charge in [-0.15, -0.1) is 0 Å². The Morgan fingerprint density at radius 2 is 1.95 bits per heavy atom. The van der Waals surface area contributed by atoms with Crippen LogP contribution in [-0.4, -0.2) is 27.8 Å². The van der Waals surface area contributed by atoms with E-state index in [9.17, 15) is 0 Å². The predicted octanol–water partition coefficient (Wildman–Crippen LogP) is 2.77. The Bertz CT molecular complexity index is 492. The fraction of sp³-hybridized carbons (Fsp3) is 0.438. The average molecular weight is 272 g/mol. The quantitative estimate of drug-likeness (QED) is 0.804. The number of nitrogen functional groups attached to an aromatic ring is 1. The molecular weight excluding hydrogens is 248 g/mol. The van der Waals surface area contributed by atoms with E-state index in [1.165, 1.54) is 12.0 Å². The van der Waals surface area contributed by atoms with Crippen molar-refractivity contribution < 1.29 is 0 Å². The standard InChI is InChI=1S/C16H24N4/c1-2-10-19(14-15-7-4-3-5-8-15)11-6-12-20-13-9-16(17)18-20/h3-5,7-9,13H,2,6,10-12,14H2,1H3,(H2,17,18). The van der Waals surface area contributed by atoms with E-state index in [2.05, 4.69) is 47.3 Å². The maximum atomic E-state index is 5.62. The van der Waals surface area contributed by atoms with Gasteiger partial charge in [-0.3, -0.25) is 9.58 Å². The van der Waals surface area contributed by atoms with Crippen LogP contribution >= 0.6 is 0 Å². The highest BCUT2D eigenvalue weighted by Gasteiger charge is 2.05. The van der Waals surface area contributed by atoms with Gasteiger partial charge < -0.3 is 5.73 Å². The number of benzene rings is 1. The molecule has 20 heavy (non-hydrogen) atoms. The Labute approximate surface area is 121 Å². The molecule has 0 spiro atoms. The third-order valence-electron chi connectivity index (χ3n) is 3.31. The molecule has 0 atom stereocenters. The van der Waals surface area contributed by atoms with Crippen molar-refractivity contribution in [1.29, 1.82) is 0 Å². The van der Waals surface area contributed by atoms with Crippen molar-refractivity contribution in [2.75, 3.05) is 18.8 Å². The van der Waals surface area contributed by atoms with Gasteiger partial charge in [0.05, 0.1) is 0 Å². The zero-order valence-electron chi connectivity index (χ0n) is 12.2. The molecule has 1 heterocycles. The number of aryl methyl sites for hydroxylation is 1. The van der Waals surface area contributed by atoms with Crippen molar-refractivity contribution in [2.24, 2.45) is 0 Å². The number of aromatic nitrogens is 2. The van der Waals surface area contributed by atoms with Crippen LogP contribution < -0.4 is 5.73 Å². The second-order valence-corrected chi connectivity index (χ2v) is 5.12. The average Bonchev–Trinajstić information content (AvgIpc) is 2.86. The molecule has 4 heteroatoms. The van der Waals surface area contributed by atoms with Crippen LogP contribution in [0.1, 0.15) is 25.3 Å². The Morgan fingerprint density at radius 1 is 1.15 bits per heavy atom. The number of hydrogen-bond acceptors (Lipinski definition) is 3. The Hall–Kier alpha value is -1.81. The minimum absolute atomic E-state index is 0.597. The van der Waals surface area contributed by atoms with E-state index in [4.69, 9.17) is 5.73 Å². The van der Waals surface area contributed by atoms with Gasteiger partial charge >= 0.3 is 0 Å². The highest BCUT2D eigenvalue weighted by atomic mass is 15.3. The van der Waals surface area contributed by atoms with Crippen molar-refractivity contribution in [3.63, 3.8) is 0 Å².